The van der Waals surface area contributed by atoms with Crippen LogP contribution < -0.4 is 9.47 Å². The molecule has 1 saturated heterocycles. The van der Waals surface area contributed by atoms with Crippen molar-refractivity contribution in [1.82, 2.24) is 19.3 Å². The lowest BCUT2D eigenvalue weighted by molar-refractivity contribution is 0.170. The molecule has 5 rings (SSSR count). The van der Waals surface area contributed by atoms with Gasteiger partial charge in [-0.1, -0.05) is 6.07 Å². The Labute approximate surface area is 146 Å². The van der Waals surface area contributed by atoms with Gasteiger partial charge in [0.15, 0.2) is 11.5 Å². The molecule has 2 aliphatic rings. The number of hydrogen-bond donors (Lipinski definition) is 0. The summed E-state index contributed by atoms with van der Waals surface area (Å²) in [6, 6.07) is 8.67. The summed E-state index contributed by atoms with van der Waals surface area (Å²) in [5.74, 6) is 2.48. The molecule has 0 bridgehead atoms. The van der Waals surface area contributed by atoms with E-state index in [4.69, 9.17) is 9.47 Å². The summed E-state index contributed by atoms with van der Waals surface area (Å²) in [6.45, 7) is 3.17. The van der Waals surface area contributed by atoms with Gasteiger partial charge in [-0.3, -0.25) is 9.30 Å². The first-order chi connectivity index (χ1) is 12.4. The lowest BCUT2D eigenvalue weighted by atomic mass is 10.0. The van der Waals surface area contributed by atoms with Crippen molar-refractivity contribution in [3.05, 3.63) is 54.1 Å². The number of likely N-dealkylation sites (tertiary alicyclic amines) is 1. The third kappa shape index (κ3) is 2.72. The second kappa shape index (κ2) is 6.04. The minimum atomic E-state index is 0.397. The SMILES string of the molecule is c1cnc2nc(CN3CCC[C@H]3c3ccc4c(c3)OCCO4)cn2c1. The largest absolute Gasteiger partial charge is 0.486 e. The lowest BCUT2D eigenvalue weighted by Gasteiger charge is -2.26. The number of ether oxygens (including phenoxy) is 2. The molecule has 128 valence electrons. The number of aromatic nitrogens is 3. The predicted octanol–water partition coefficient (Wildman–Crippen LogP) is 2.84. The monoisotopic (exact) mass is 336 g/mol. The van der Waals surface area contributed by atoms with Crippen molar-refractivity contribution >= 4 is 5.78 Å². The molecule has 0 saturated carbocycles. The van der Waals surface area contributed by atoms with Gasteiger partial charge in [0, 0.05) is 31.2 Å². The summed E-state index contributed by atoms with van der Waals surface area (Å²) in [5, 5.41) is 0. The third-order valence-corrected chi connectivity index (χ3v) is 4.97. The van der Waals surface area contributed by atoms with Gasteiger partial charge < -0.3 is 9.47 Å². The van der Waals surface area contributed by atoms with Crippen molar-refractivity contribution < 1.29 is 9.47 Å². The first kappa shape index (κ1) is 14.7. The van der Waals surface area contributed by atoms with Crippen LogP contribution in [0.3, 0.4) is 0 Å². The molecule has 1 fully saturated rings. The Morgan fingerprint density at radius 1 is 1.16 bits per heavy atom. The van der Waals surface area contributed by atoms with Crippen LogP contribution in [0.25, 0.3) is 5.78 Å². The number of benzene rings is 1. The molecule has 4 heterocycles. The van der Waals surface area contributed by atoms with E-state index in [1.54, 1.807) is 6.20 Å². The molecule has 6 nitrogen and oxygen atoms in total. The zero-order valence-electron chi connectivity index (χ0n) is 14.0. The smallest absolute Gasteiger partial charge is 0.233 e. The average Bonchev–Trinajstić information content (AvgIpc) is 3.27. The number of rotatable bonds is 3. The van der Waals surface area contributed by atoms with E-state index in [0.29, 0.717) is 19.3 Å². The Kier molecular flexibility index (Phi) is 3.56. The predicted molar refractivity (Wildman–Crippen MR) is 92.8 cm³/mol. The minimum absolute atomic E-state index is 0.397. The van der Waals surface area contributed by atoms with Gasteiger partial charge in [-0.15, -0.1) is 0 Å². The van der Waals surface area contributed by atoms with E-state index >= 15 is 0 Å². The van der Waals surface area contributed by atoms with Crippen molar-refractivity contribution in [2.75, 3.05) is 19.8 Å². The average molecular weight is 336 g/mol. The molecule has 6 heteroatoms. The fraction of sp³-hybridized carbons (Fsp3) is 0.368. The lowest BCUT2D eigenvalue weighted by Crippen LogP contribution is -2.23. The molecule has 0 unspecified atom stereocenters. The van der Waals surface area contributed by atoms with Crippen LogP contribution in [0.15, 0.2) is 42.9 Å². The Morgan fingerprint density at radius 2 is 2.08 bits per heavy atom. The molecule has 1 atom stereocenters. The fourth-order valence-electron chi connectivity index (χ4n) is 3.82. The second-order valence-electron chi connectivity index (χ2n) is 6.59. The van der Waals surface area contributed by atoms with Gasteiger partial charge in [-0.2, -0.15) is 0 Å². The number of nitrogens with zero attached hydrogens (tertiary/aromatic N) is 4. The Morgan fingerprint density at radius 3 is 3.00 bits per heavy atom. The maximum absolute atomic E-state index is 5.75. The fourth-order valence-corrected chi connectivity index (χ4v) is 3.82. The zero-order chi connectivity index (χ0) is 16.6. The van der Waals surface area contributed by atoms with Gasteiger partial charge in [0.05, 0.1) is 5.69 Å². The highest BCUT2D eigenvalue weighted by molar-refractivity contribution is 5.45. The van der Waals surface area contributed by atoms with E-state index in [-0.39, 0.29) is 0 Å². The Hall–Kier alpha value is -2.60. The highest BCUT2D eigenvalue weighted by atomic mass is 16.6. The van der Waals surface area contributed by atoms with E-state index in [1.165, 1.54) is 12.0 Å². The third-order valence-electron chi connectivity index (χ3n) is 4.97. The standard InChI is InChI=1S/C19H20N4O2/c1-3-16(14-4-5-17-18(11-14)25-10-9-24-17)22(7-1)12-15-13-23-8-2-6-20-19(23)21-15/h2,4-6,8,11,13,16H,1,3,7,9-10,12H2/t16-/m0/s1. The van der Waals surface area contributed by atoms with Crippen molar-refractivity contribution in [3.8, 4) is 11.5 Å². The molecule has 3 aromatic rings. The van der Waals surface area contributed by atoms with Crippen LogP contribution in [0, 0.1) is 0 Å². The van der Waals surface area contributed by atoms with Crippen LogP contribution in [0.4, 0.5) is 0 Å². The minimum Gasteiger partial charge on any atom is -0.486 e. The first-order valence-electron chi connectivity index (χ1n) is 8.79. The summed E-state index contributed by atoms with van der Waals surface area (Å²) in [7, 11) is 0. The molecule has 0 amide bonds. The van der Waals surface area contributed by atoms with Crippen molar-refractivity contribution in [2.24, 2.45) is 0 Å². The molecule has 0 aliphatic carbocycles. The van der Waals surface area contributed by atoms with E-state index in [1.807, 2.05) is 22.7 Å². The molecule has 2 aromatic heterocycles. The quantitative estimate of drug-likeness (QED) is 0.736. The molecule has 0 N–H and O–H groups in total. The van der Waals surface area contributed by atoms with Crippen molar-refractivity contribution in [1.29, 1.82) is 0 Å². The van der Waals surface area contributed by atoms with Gasteiger partial charge in [-0.05, 0) is 43.1 Å². The number of imidazole rings is 1. The van der Waals surface area contributed by atoms with Crippen LogP contribution >= 0.6 is 0 Å². The van der Waals surface area contributed by atoms with Gasteiger partial charge >= 0.3 is 0 Å². The zero-order valence-corrected chi connectivity index (χ0v) is 14.0. The van der Waals surface area contributed by atoms with Gasteiger partial charge in [0.25, 0.3) is 0 Å². The van der Waals surface area contributed by atoms with Crippen LogP contribution in [0.1, 0.15) is 30.1 Å². The maximum Gasteiger partial charge on any atom is 0.233 e. The summed E-state index contributed by atoms with van der Waals surface area (Å²) in [4.78, 5) is 11.4. The van der Waals surface area contributed by atoms with Crippen molar-refractivity contribution in [2.45, 2.75) is 25.4 Å². The first-order valence-corrected chi connectivity index (χ1v) is 8.79. The van der Waals surface area contributed by atoms with Gasteiger partial charge in [0.1, 0.15) is 13.2 Å². The molecule has 0 spiro atoms. The highest BCUT2D eigenvalue weighted by Gasteiger charge is 2.28. The van der Waals surface area contributed by atoms with Crippen LogP contribution in [0.2, 0.25) is 0 Å². The number of fused-ring (bicyclic) bond motifs is 2. The second-order valence-corrected chi connectivity index (χ2v) is 6.59. The molecular formula is C19H20N4O2. The summed E-state index contributed by atoms with van der Waals surface area (Å²) in [6.07, 6.45) is 8.19. The molecule has 25 heavy (non-hydrogen) atoms. The summed E-state index contributed by atoms with van der Waals surface area (Å²) >= 11 is 0. The summed E-state index contributed by atoms with van der Waals surface area (Å²) < 4.78 is 13.4. The van der Waals surface area contributed by atoms with E-state index in [9.17, 15) is 0 Å². The van der Waals surface area contributed by atoms with E-state index in [0.717, 1.165) is 42.5 Å². The van der Waals surface area contributed by atoms with Crippen LogP contribution in [-0.4, -0.2) is 39.0 Å². The van der Waals surface area contributed by atoms with Gasteiger partial charge in [0.2, 0.25) is 5.78 Å². The topological polar surface area (TPSA) is 51.9 Å². The maximum atomic E-state index is 5.75. The van der Waals surface area contributed by atoms with Crippen molar-refractivity contribution in [3.63, 3.8) is 0 Å². The van der Waals surface area contributed by atoms with E-state index in [2.05, 4.69) is 33.2 Å². The normalized spacial score (nSPS) is 20.2. The Balaban J connectivity index is 1.40. The highest BCUT2D eigenvalue weighted by Crippen LogP contribution is 2.38. The Bertz CT molecular complexity index is 874. The van der Waals surface area contributed by atoms with E-state index < -0.39 is 0 Å². The van der Waals surface area contributed by atoms with Crippen LogP contribution in [-0.2, 0) is 6.54 Å². The molecule has 1 aromatic carbocycles. The van der Waals surface area contributed by atoms with Gasteiger partial charge in [-0.25, -0.2) is 9.97 Å². The summed E-state index contributed by atoms with van der Waals surface area (Å²) in [5.41, 5.74) is 2.35. The number of hydrogen-bond acceptors (Lipinski definition) is 5. The molecule has 2 aliphatic heterocycles. The van der Waals surface area contributed by atoms with Crippen LogP contribution in [0.5, 0.6) is 11.5 Å². The molecule has 0 radical (unpaired) electrons. The molecular weight excluding hydrogens is 316 g/mol.